The minimum absolute atomic E-state index is 0.110. The molecule has 2 aliphatic carbocycles. The second-order valence-corrected chi connectivity index (χ2v) is 6.39. The van der Waals surface area contributed by atoms with E-state index in [4.69, 9.17) is 10.3 Å². The highest BCUT2D eigenvalue weighted by molar-refractivity contribution is 6.05. The molecule has 0 heterocycles. The first-order valence-electron chi connectivity index (χ1n) is 7.77. The van der Waals surface area contributed by atoms with Crippen LogP contribution in [0.3, 0.4) is 0 Å². The number of carboxylic acids is 1. The maximum atomic E-state index is 12.2. The van der Waals surface area contributed by atoms with Crippen molar-refractivity contribution in [2.45, 2.75) is 57.8 Å². The Morgan fingerprint density at radius 2 is 1.95 bits per heavy atom. The van der Waals surface area contributed by atoms with Crippen molar-refractivity contribution in [3.05, 3.63) is 0 Å². The fourth-order valence-corrected chi connectivity index (χ4v) is 3.67. The highest BCUT2D eigenvalue weighted by Crippen LogP contribution is 2.39. The summed E-state index contributed by atoms with van der Waals surface area (Å²) in [6.07, 6.45) is 7.23. The molecule has 6 nitrogen and oxygen atoms in total. The summed E-state index contributed by atoms with van der Waals surface area (Å²) >= 11 is 0. The van der Waals surface area contributed by atoms with Gasteiger partial charge in [-0.2, -0.15) is 0 Å². The topological polar surface area (TPSA) is 99.0 Å². The Hall–Kier alpha value is -1.59. The number of hydrogen-bond donors (Lipinski definition) is 3. The lowest BCUT2D eigenvalue weighted by atomic mass is 9.71. The first kappa shape index (κ1) is 15.8. The summed E-state index contributed by atoms with van der Waals surface area (Å²) in [7, 11) is 0. The van der Waals surface area contributed by atoms with Crippen molar-refractivity contribution < 1.29 is 19.9 Å². The second-order valence-electron chi connectivity index (χ2n) is 6.39. The van der Waals surface area contributed by atoms with Gasteiger partial charge in [0.05, 0.1) is 18.1 Å². The number of hydrogen-bond acceptors (Lipinski definition) is 4. The molecule has 6 heteroatoms. The molecule has 2 aliphatic rings. The van der Waals surface area contributed by atoms with Crippen molar-refractivity contribution in [2.75, 3.05) is 6.54 Å². The zero-order chi connectivity index (χ0) is 15.3. The predicted octanol–water partition coefficient (Wildman–Crippen LogP) is 2.16. The number of aliphatic carboxylic acids is 1. The van der Waals surface area contributed by atoms with Crippen LogP contribution in [0.4, 0.5) is 0 Å². The van der Waals surface area contributed by atoms with E-state index in [1.807, 2.05) is 0 Å². The Bertz CT molecular complexity index is 427. The van der Waals surface area contributed by atoms with Crippen LogP contribution in [0.1, 0.15) is 57.8 Å². The number of nitrogens with one attached hydrogen (secondary N) is 1. The van der Waals surface area contributed by atoms with Crippen LogP contribution >= 0.6 is 0 Å². The summed E-state index contributed by atoms with van der Waals surface area (Å²) in [4.78, 5) is 23.3. The molecule has 1 unspecified atom stereocenters. The minimum Gasteiger partial charge on any atom is -0.481 e. The van der Waals surface area contributed by atoms with Gasteiger partial charge in [0.2, 0.25) is 5.91 Å². The van der Waals surface area contributed by atoms with Gasteiger partial charge in [-0.05, 0) is 37.5 Å². The number of carbonyl (C=O) groups excluding carboxylic acids is 1. The molecule has 1 atom stereocenters. The molecule has 1 amide bonds. The van der Waals surface area contributed by atoms with Gasteiger partial charge in [0.15, 0.2) is 0 Å². The number of rotatable bonds is 5. The maximum absolute atomic E-state index is 12.2. The van der Waals surface area contributed by atoms with Crippen LogP contribution < -0.4 is 5.32 Å². The molecule has 0 aromatic rings. The van der Waals surface area contributed by atoms with Gasteiger partial charge in [-0.1, -0.05) is 24.4 Å². The average Bonchev–Trinajstić information content (AvgIpc) is 2.93. The molecular formula is C15H24N2O4. The Morgan fingerprint density at radius 1 is 1.24 bits per heavy atom. The highest BCUT2D eigenvalue weighted by Gasteiger charge is 2.36. The first-order valence-corrected chi connectivity index (χ1v) is 7.77. The zero-order valence-electron chi connectivity index (χ0n) is 12.3. The summed E-state index contributed by atoms with van der Waals surface area (Å²) in [5.41, 5.74) is 0.234. The molecule has 2 rings (SSSR count). The molecule has 0 spiro atoms. The number of carbonyl (C=O) groups is 2. The maximum Gasteiger partial charge on any atom is 0.303 e. The third-order valence-electron chi connectivity index (χ3n) is 4.85. The molecule has 21 heavy (non-hydrogen) atoms. The Morgan fingerprint density at radius 3 is 2.57 bits per heavy atom. The number of nitrogens with zero attached hydrogens (tertiary/aromatic N) is 1. The Labute approximate surface area is 124 Å². The third kappa shape index (κ3) is 3.95. The third-order valence-corrected chi connectivity index (χ3v) is 4.85. The van der Waals surface area contributed by atoms with Crippen molar-refractivity contribution in [2.24, 2.45) is 16.5 Å². The molecular weight excluding hydrogens is 272 g/mol. The van der Waals surface area contributed by atoms with Crippen molar-refractivity contribution in [1.29, 1.82) is 0 Å². The summed E-state index contributed by atoms with van der Waals surface area (Å²) < 4.78 is 0. The second kappa shape index (κ2) is 6.91. The molecule has 0 bridgehead atoms. The normalized spacial score (nSPS) is 26.7. The molecule has 2 fully saturated rings. The summed E-state index contributed by atoms with van der Waals surface area (Å²) in [5.74, 6) is -1.28. The lowest BCUT2D eigenvalue weighted by Gasteiger charge is -2.36. The van der Waals surface area contributed by atoms with Crippen LogP contribution in [-0.4, -0.2) is 34.4 Å². The predicted molar refractivity (Wildman–Crippen MR) is 77.3 cm³/mol. The van der Waals surface area contributed by atoms with Gasteiger partial charge in [-0.3, -0.25) is 9.59 Å². The number of amides is 1. The van der Waals surface area contributed by atoms with Crippen LogP contribution in [-0.2, 0) is 9.59 Å². The van der Waals surface area contributed by atoms with Crippen molar-refractivity contribution in [1.82, 2.24) is 5.32 Å². The lowest BCUT2D eigenvalue weighted by Crippen LogP contribution is -2.43. The molecule has 0 aromatic heterocycles. The van der Waals surface area contributed by atoms with E-state index >= 15 is 0 Å². The molecule has 0 aromatic carbocycles. The lowest BCUT2D eigenvalue weighted by molar-refractivity contribution is -0.140. The van der Waals surface area contributed by atoms with E-state index in [-0.39, 0.29) is 23.7 Å². The summed E-state index contributed by atoms with van der Waals surface area (Å²) in [5, 5.41) is 24.1. The van der Waals surface area contributed by atoms with E-state index in [9.17, 15) is 9.59 Å². The van der Waals surface area contributed by atoms with Gasteiger partial charge in [-0.25, -0.2) is 0 Å². The molecule has 0 aliphatic heterocycles. The van der Waals surface area contributed by atoms with Gasteiger partial charge < -0.3 is 15.6 Å². The molecule has 0 radical (unpaired) electrons. The monoisotopic (exact) mass is 296 g/mol. The quantitative estimate of drug-likeness (QED) is 0.534. The van der Waals surface area contributed by atoms with Crippen LogP contribution in [0.25, 0.3) is 0 Å². The van der Waals surface area contributed by atoms with Gasteiger partial charge in [0, 0.05) is 6.54 Å². The Balaban J connectivity index is 1.95. The van der Waals surface area contributed by atoms with E-state index in [1.54, 1.807) is 0 Å². The molecule has 3 N–H and O–H groups in total. The molecule has 118 valence electrons. The average molecular weight is 296 g/mol. The smallest absolute Gasteiger partial charge is 0.303 e. The van der Waals surface area contributed by atoms with Gasteiger partial charge in [0.1, 0.15) is 0 Å². The molecule has 2 saturated carbocycles. The standard InChI is InChI=1S/C15H24N2O4/c18-13(19)9-15(7-2-1-3-8-15)10-16-14(20)11-5-4-6-12(11)17-21/h11,21H,1-10H2,(H,16,20)(H,18,19). The van der Waals surface area contributed by atoms with E-state index in [0.29, 0.717) is 25.1 Å². The largest absolute Gasteiger partial charge is 0.481 e. The minimum atomic E-state index is -0.801. The van der Waals surface area contributed by atoms with E-state index in [2.05, 4.69) is 10.5 Å². The SMILES string of the molecule is O=C(O)CC1(CNC(=O)C2CCCC2=NO)CCCCC1. The van der Waals surface area contributed by atoms with Crippen molar-refractivity contribution >= 4 is 17.6 Å². The fourth-order valence-electron chi connectivity index (χ4n) is 3.67. The van der Waals surface area contributed by atoms with Crippen LogP contribution in [0.15, 0.2) is 5.16 Å². The van der Waals surface area contributed by atoms with Crippen LogP contribution in [0.5, 0.6) is 0 Å². The fraction of sp³-hybridized carbons (Fsp3) is 0.800. The van der Waals surface area contributed by atoms with E-state index in [0.717, 1.165) is 38.5 Å². The number of carboxylic acid groups (broad SMARTS) is 1. The van der Waals surface area contributed by atoms with Gasteiger partial charge in [0.25, 0.3) is 0 Å². The molecule has 0 saturated heterocycles. The van der Waals surface area contributed by atoms with Crippen LogP contribution in [0, 0.1) is 11.3 Å². The van der Waals surface area contributed by atoms with Gasteiger partial charge >= 0.3 is 5.97 Å². The Kier molecular flexibility index (Phi) is 5.20. The van der Waals surface area contributed by atoms with E-state index < -0.39 is 5.97 Å². The first-order chi connectivity index (χ1) is 10.1. The van der Waals surface area contributed by atoms with Gasteiger partial charge in [-0.15, -0.1) is 0 Å². The highest BCUT2D eigenvalue weighted by atomic mass is 16.4. The number of oxime groups is 1. The summed E-state index contributed by atoms with van der Waals surface area (Å²) in [6, 6.07) is 0. The van der Waals surface area contributed by atoms with Crippen molar-refractivity contribution in [3.8, 4) is 0 Å². The summed E-state index contributed by atoms with van der Waals surface area (Å²) in [6.45, 7) is 0.410. The van der Waals surface area contributed by atoms with Crippen molar-refractivity contribution in [3.63, 3.8) is 0 Å². The van der Waals surface area contributed by atoms with Crippen LogP contribution in [0.2, 0.25) is 0 Å². The van der Waals surface area contributed by atoms with E-state index in [1.165, 1.54) is 0 Å². The zero-order valence-corrected chi connectivity index (χ0v) is 12.3.